The van der Waals surface area contributed by atoms with Gasteiger partial charge in [-0.2, -0.15) is 0 Å². The molecule has 0 N–H and O–H groups in total. The number of alkyl halides is 1. The van der Waals surface area contributed by atoms with Crippen molar-refractivity contribution in [2.24, 2.45) is 0 Å². The zero-order valence-corrected chi connectivity index (χ0v) is 14.5. The second-order valence-corrected chi connectivity index (χ2v) is 6.36. The molecule has 20 heavy (non-hydrogen) atoms. The molecule has 0 radical (unpaired) electrons. The van der Waals surface area contributed by atoms with Crippen molar-refractivity contribution >= 4 is 44.8 Å². The quantitative estimate of drug-likeness (QED) is 0.591. The third-order valence-electron chi connectivity index (χ3n) is 3.50. The maximum atomic E-state index is 6.05. The van der Waals surface area contributed by atoms with Crippen molar-refractivity contribution in [1.82, 2.24) is 0 Å². The number of rotatable bonds is 4. The SMILES string of the molecule is CC(c1ccc(Cl)cc1)N(C)c1ccc(Br)cc1CCl. The smallest absolute Gasteiger partial charge is 0.0511 e. The van der Waals surface area contributed by atoms with Crippen LogP contribution >= 0.6 is 39.1 Å². The second kappa shape index (κ2) is 6.84. The number of anilines is 1. The maximum absolute atomic E-state index is 6.05. The van der Waals surface area contributed by atoms with E-state index < -0.39 is 0 Å². The molecule has 0 aliphatic rings. The van der Waals surface area contributed by atoms with Gasteiger partial charge in [0, 0.05) is 28.1 Å². The molecule has 0 spiro atoms. The molecule has 1 unspecified atom stereocenters. The Labute approximate surface area is 138 Å². The molecule has 0 bridgehead atoms. The van der Waals surface area contributed by atoms with E-state index in [2.05, 4.69) is 59.1 Å². The van der Waals surface area contributed by atoms with E-state index in [0.29, 0.717) is 5.88 Å². The molecule has 0 amide bonds. The summed E-state index contributed by atoms with van der Waals surface area (Å²) >= 11 is 15.5. The zero-order chi connectivity index (χ0) is 14.7. The lowest BCUT2D eigenvalue weighted by molar-refractivity contribution is 0.737. The van der Waals surface area contributed by atoms with Crippen LogP contribution in [0.15, 0.2) is 46.9 Å². The van der Waals surface area contributed by atoms with E-state index in [-0.39, 0.29) is 6.04 Å². The Bertz CT molecular complexity index is 584. The van der Waals surface area contributed by atoms with Crippen molar-refractivity contribution < 1.29 is 0 Å². The summed E-state index contributed by atoms with van der Waals surface area (Å²) in [7, 11) is 2.08. The molecule has 2 aromatic rings. The molecule has 0 aliphatic carbocycles. The molecule has 2 rings (SSSR count). The summed E-state index contributed by atoms with van der Waals surface area (Å²) < 4.78 is 1.05. The fraction of sp³-hybridized carbons (Fsp3) is 0.250. The van der Waals surface area contributed by atoms with Crippen molar-refractivity contribution in [3.05, 3.63) is 63.1 Å². The minimum absolute atomic E-state index is 0.246. The van der Waals surface area contributed by atoms with Gasteiger partial charge in [0.1, 0.15) is 0 Å². The van der Waals surface area contributed by atoms with Gasteiger partial charge in [-0.1, -0.05) is 39.7 Å². The van der Waals surface area contributed by atoms with Crippen molar-refractivity contribution in [2.75, 3.05) is 11.9 Å². The Balaban J connectivity index is 2.30. The second-order valence-electron chi connectivity index (χ2n) is 4.75. The maximum Gasteiger partial charge on any atom is 0.0511 e. The molecule has 4 heteroatoms. The van der Waals surface area contributed by atoms with Crippen molar-refractivity contribution in [2.45, 2.75) is 18.8 Å². The van der Waals surface area contributed by atoms with E-state index in [0.717, 1.165) is 20.7 Å². The van der Waals surface area contributed by atoms with E-state index >= 15 is 0 Å². The fourth-order valence-electron chi connectivity index (χ4n) is 2.18. The molecule has 0 fully saturated rings. The standard InChI is InChI=1S/C16H16BrCl2N/c1-11(12-3-6-15(19)7-4-12)20(2)16-8-5-14(17)9-13(16)10-18/h3-9,11H,10H2,1-2H3. The molecule has 1 nitrogen and oxygen atoms in total. The summed E-state index contributed by atoms with van der Waals surface area (Å²) in [6.07, 6.45) is 0. The van der Waals surface area contributed by atoms with Crippen molar-refractivity contribution in [3.8, 4) is 0 Å². The lowest BCUT2D eigenvalue weighted by Gasteiger charge is -2.29. The third kappa shape index (κ3) is 3.49. The molecule has 0 heterocycles. The van der Waals surface area contributed by atoms with Crippen LogP contribution in [0.5, 0.6) is 0 Å². The molecule has 0 saturated heterocycles. The first-order valence-electron chi connectivity index (χ1n) is 6.35. The summed E-state index contributed by atoms with van der Waals surface area (Å²) in [6.45, 7) is 2.17. The minimum atomic E-state index is 0.246. The van der Waals surface area contributed by atoms with E-state index in [4.69, 9.17) is 23.2 Å². The Morgan fingerprint density at radius 2 is 1.80 bits per heavy atom. The fourth-order valence-corrected chi connectivity index (χ4v) is 2.93. The van der Waals surface area contributed by atoms with Gasteiger partial charge in [-0.25, -0.2) is 0 Å². The lowest BCUT2D eigenvalue weighted by Crippen LogP contribution is -2.22. The first-order valence-corrected chi connectivity index (χ1v) is 8.06. The highest BCUT2D eigenvalue weighted by Gasteiger charge is 2.15. The van der Waals surface area contributed by atoms with E-state index in [1.54, 1.807) is 0 Å². The molecular weight excluding hydrogens is 357 g/mol. The highest BCUT2D eigenvalue weighted by atomic mass is 79.9. The number of nitrogens with zero attached hydrogens (tertiary/aromatic N) is 1. The molecule has 0 saturated carbocycles. The van der Waals surface area contributed by atoms with Crippen LogP contribution in [-0.2, 0) is 5.88 Å². The number of halogens is 3. The van der Waals surface area contributed by atoms with Crippen molar-refractivity contribution in [1.29, 1.82) is 0 Å². The number of hydrogen-bond acceptors (Lipinski definition) is 1. The van der Waals surface area contributed by atoms with Crippen LogP contribution in [0, 0.1) is 0 Å². The zero-order valence-electron chi connectivity index (χ0n) is 11.4. The van der Waals surface area contributed by atoms with Gasteiger partial charge in [0.05, 0.1) is 6.04 Å². The summed E-state index contributed by atoms with van der Waals surface area (Å²) in [5.74, 6) is 0.493. The number of hydrogen-bond donors (Lipinski definition) is 0. The topological polar surface area (TPSA) is 3.24 Å². The summed E-state index contributed by atoms with van der Waals surface area (Å²) in [5, 5.41) is 0.758. The van der Waals surface area contributed by atoms with Crippen LogP contribution < -0.4 is 4.90 Å². The number of benzene rings is 2. The van der Waals surface area contributed by atoms with E-state index in [1.807, 2.05) is 18.2 Å². The Morgan fingerprint density at radius 3 is 2.40 bits per heavy atom. The first kappa shape index (κ1) is 15.7. The highest BCUT2D eigenvalue weighted by molar-refractivity contribution is 9.10. The normalized spacial score (nSPS) is 12.2. The third-order valence-corrected chi connectivity index (χ3v) is 4.53. The van der Waals surface area contributed by atoms with Gasteiger partial charge in [-0.05, 0) is 48.4 Å². The Hall–Kier alpha value is -0.700. The molecule has 106 valence electrons. The van der Waals surface area contributed by atoms with Crippen LogP contribution in [0.3, 0.4) is 0 Å². The Kier molecular flexibility index (Phi) is 5.36. The molecule has 1 atom stereocenters. The van der Waals surface area contributed by atoms with Crippen LogP contribution in [0.2, 0.25) is 5.02 Å². The Morgan fingerprint density at radius 1 is 1.15 bits per heavy atom. The average molecular weight is 373 g/mol. The molecular formula is C16H16BrCl2N. The van der Waals surface area contributed by atoms with Gasteiger partial charge in [0.15, 0.2) is 0 Å². The molecule has 0 aliphatic heterocycles. The van der Waals surface area contributed by atoms with Gasteiger partial charge < -0.3 is 4.90 Å². The van der Waals surface area contributed by atoms with Crippen LogP contribution in [-0.4, -0.2) is 7.05 Å². The van der Waals surface area contributed by atoms with Gasteiger partial charge in [0.2, 0.25) is 0 Å². The van der Waals surface area contributed by atoms with Crippen LogP contribution in [0.25, 0.3) is 0 Å². The van der Waals surface area contributed by atoms with Gasteiger partial charge >= 0.3 is 0 Å². The predicted octanol–water partition coefficient (Wildman–Crippen LogP) is 6.04. The summed E-state index contributed by atoms with van der Waals surface area (Å²) in [4.78, 5) is 2.23. The van der Waals surface area contributed by atoms with Crippen LogP contribution in [0.1, 0.15) is 24.1 Å². The van der Waals surface area contributed by atoms with Gasteiger partial charge in [0.25, 0.3) is 0 Å². The lowest BCUT2D eigenvalue weighted by atomic mass is 10.1. The van der Waals surface area contributed by atoms with E-state index in [1.165, 1.54) is 5.56 Å². The van der Waals surface area contributed by atoms with Crippen molar-refractivity contribution in [3.63, 3.8) is 0 Å². The summed E-state index contributed by atoms with van der Waals surface area (Å²) in [6, 6.07) is 14.4. The first-order chi connectivity index (χ1) is 9.52. The average Bonchev–Trinajstić information content (AvgIpc) is 2.46. The summed E-state index contributed by atoms with van der Waals surface area (Å²) in [5.41, 5.74) is 3.48. The highest BCUT2D eigenvalue weighted by Crippen LogP contribution is 2.31. The monoisotopic (exact) mass is 371 g/mol. The minimum Gasteiger partial charge on any atom is -0.368 e. The van der Waals surface area contributed by atoms with Crippen LogP contribution in [0.4, 0.5) is 5.69 Å². The predicted molar refractivity (Wildman–Crippen MR) is 92.0 cm³/mol. The molecule has 0 aromatic heterocycles. The molecule has 2 aromatic carbocycles. The van der Waals surface area contributed by atoms with E-state index in [9.17, 15) is 0 Å². The largest absolute Gasteiger partial charge is 0.368 e. The van der Waals surface area contributed by atoms with Gasteiger partial charge in [-0.3, -0.25) is 0 Å². The van der Waals surface area contributed by atoms with Gasteiger partial charge in [-0.15, -0.1) is 11.6 Å².